The van der Waals surface area contributed by atoms with Gasteiger partial charge in [0, 0.05) is 25.5 Å². The Bertz CT molecular complexity index is 1600. The second-order valence-corrected chi connectivity index (χ2v) is 8.93. The minimum Gasteiger partial charge on any atom is -0.417 e. The van der Waals surface area contributed by atoms with Gasteiger partial charge in [0.25, 0.3) is 11.4 Å². The Morgan fingerprint density at radius 3 is 2.65 bits per heavy atom. The standard InChI is InChI=1S/C24H25N9O4/c1-24(2,36)22-31-30-21(37-22)14-10-25-18(9-16(14)27-17(12-34)13-7-5-4-6-8-13)28-23-26-11-15-19(29-23)33(3)32-20(15)35/h4-11,17,34,36H,12H2,1-3H3,(H,32,35)(H2,25,26,27,28,29)/t17-/m1/s1. The maximum Gasteiger partial charge on any atom is 0.275 e. The quantitative estimate of drug-likeness (QED) is 0.209. The van der Waals surface area contributed by atoms with Crippen LogP contribution in [0.1, 0.15) is 31.3 Å². The van der Waals surface area contributed by atoms with Crippen LogP contribution in [0.4, 0.5) is 17.5 Å². The molecule has 0 aliphatic rings. The zero-order chi connectivity index (χ0) is 26.2. The summed E-state index contributed by atoms with van der Waals surface area (Å²) in [7, 11) is 1.68. The van der Waals surface area contributed by atoms with Crippen molar-refractivity contribution in [2.45, 2.75) is 25.5 Å². The van der Waals surface area contributed by atoms with E-state index in [1.165, 1.54) is 17.1 Å². The van der Waals surface area contributed by atoms with E-state index in [1.807, 2.05) is 30.3 Å². The number of H-pyrrole nitrogens is 1. The number of nitrogens with zero attached hydrogens (tertiary/aromatic N) is 6. The molecule has 0 bridgehead atoms. The molecule has 0 saturated heterocycles. The summed E-state index contributed by atoms with van der Waals surface area (Å²) in [5.74, 6) is 0.815. The fraction of sp³-hybridized carbons (Fsp3) is 0.250. The van der Waals surface area contributed by atoms with E-state index in [2.05, 4.69) is 40.9 Å². The largest absolute Gasteiger partial charge is 0.417 e. The monoisotopic (exact) mass is 503 g/mol. The Morgan fingerprint density at radius 1 is 1.16 bits per heavy atom. The first-order valence-corrected chi connectivity index (χ1v) is 11.4. The van der Waals surface area contributed by atoms with Crippen LogP contribution in [0.25, 0.3) is 22.5 Å². The first-order valence-electron chi connectivity index (χ1n) is 11.4. The molecule has 0 fully saturated rings. The number of nitrogens with one attached hydrogen (secondary N) is 3. The summed E-state index contributed by atoms with van der Waals surface area (Å²) < 4.78 is 7.23. The SMILES string of the molecule is Cn1[nH]c(=O)c2cnc(Nc3cc(N[C@H](CO)c4ccccc4)c(-c4nnc(C(C)(C)O)o4)cn3)nc21. The minimum atomic E-state index is -1.32. The summed E-state index contributed by atoms with van der Waals surface area (Å²) in [6.45, 7) is 2.90. The lowest BCUT2D eigenvalue weighted by Crippen LogP contribution is -2.16. The van der Waals surface area contributed by atoms with Crippen molar-refractivity contribution in [2.75, 3.05) is 17.2 Å². The Hall–Kier alpha value is -4.62. The van der Waals surface area contributed by atoms with Crippen molar-refractivity contribution in [1.82, 2.24) is 34.9 Å². The van der Waals surface area contributed by atoms with Crippen LogP contribution >= 0.6 is 0 Å². The molecule has 13 nitrogen and oxygen atoms in total. The van der Waals surface area contributed by atoms with Crippen LogP contribution in [0, 0.1) is 0 Å². The van der Waals surface area contributed by atoms with Gasteiger partial charge in [-0.25, -0.2) is 9.97 Å². The van der Waals surface area contributed by atoms with Gasteiger partial charge in [-0.2, -0.15) is 4.98 Å². The fourth-order valence-corrected chi connectivity index (χ4v) is 3.73. The Labute approximate surface area is 210 Å². The van der Waals surface area contributed by atoms with E-state index in [4.69, 9.17) is 4.42 Å². The van der Waals surface area contributed by atoms with Gasteiger partial charge < -0.3 is 25.3 Å². The first kappa shape index (κ1) is 24.1. The normalized spacial score (nSPS) is 12.6. The van der Waals surface area contributed by atoms with Crippen LogP contribution in [0.5, 0.6) is 0 Å². The van der Waals surface area contributed by atoms with Gasteiger partial charge in [0.05, 0.1) is 23.9 Å². The van der Waals surface area contributed by atoms with Crippen LogP contribution in [0.15, 0.2) is 58.0 Å². The summed E-state index contributed by atoms with van der Waals surface area (Å²) in [6.07, 6.45) is 2.96. The highest BCUT2D eigenvalue weighted by molar-refractivity contribution is 5.77. The van der Waals surface area contributed by atoms with Crippen LogP contribution in [-0.2, 0) is 12.6 Å². The number of pyridine rings is 1. The topological polar surface area (TPSA) is 180 Å². The lowest BCUT2D eigenvalue weighted by Gasteiger charge is -2.20. The van der Waals surface area contributed by atoms with Gasteiger partial charge in [-0.3, -0.25) is 14.6 Å². The maximum atomic E-state index is 11.9. The number of anilines is 3. The lowest BCUT2D eigenvalue weighted by atomic mass is 10.1. The molecule has 0 amide bonds. The van der Waals surface area contributed by atoms with E-state index in [0.717, 1.165) is 5.56 Å². The van der Waals surface area contributed by atoms with Gasteiger partial charge in [-0.15, -0.1) is 10.2 Å². The predicted molar refractivity (Wildman–Crippen MR) is 135 cm³/mol. The van der Waals surface area contributed by atoms with Gasteiger partial charge in [-0.1, -0.05) is 30.3 Å². The average Bonchev–Trinajstić information content (AvgIpc) is 3.48. The third kappa shape index (κ3) is 4.90. The van der Waals surface area contributed by atoms with Gasteiger partial charge in [0.1, 0.15) is 16.8 Å². The molecule has 5 aromatic rings. The van der Waals surface area contributed by atoms with Crippen molar-refractivity contribution in [3.8, 4) is 11.5 Å². The molecule has 4 heterocycles. The first-order chi connectivity index (χ1) is 17.7. The number of aliphatic hydroxyl groups is 2. The Kier molecular flexibility index (Phi) is 6.15. The van der Waals surface area contributed by atoms with Crippen molar-refractivity contribution in [2.24, 2.45) is 7.05 Å². The molecule has 4 aromatic heterocycles. The maximum absolute atomic E-state index is 11.9. The third-order valence-corrected chi connectivity index (χ3v) is 5.64. The summed E-state index contributed by atoms with van der Waals surface area (Å²) >= 11 is 0. The zero-order valence-corrected chi connectivity index (χ0v) is 20.3. The Balaban J connectivity index is 1.53. The van der Waals surface area contributed by atoms with E-state index in [1.54, 1.807) is 27.0 Å². The van der Waals surface area contributed by atoms with Gasteiger partial charge >= 0.3 is 0 Å². The highest BCUT2D eigenvalue weighted by atomic mass is 16.4. The molecule has 0 saturated carbocycles. The van der Waals surface area contributed by atoms with Gasteiger partial charge in [-0.05, 0) is 19.4 Å². The second-order valence-electron chi connectivity index (χ2n) is 8.93. The number of fused-ring (bicyclic) bond motifs is 1. The highest BCUT2D eigenvalue weighted by Gasteiger charge is 2.26. The Morgan fingerprint density at radius 2 is 1.95 bits per heavy atom. The molecule has 37 heavy (non-hydrogen) atoms. The number of aromatic nitrogens is 7. The second kappa shape index (κ2) is 9.44. The molecular weight excluding hydrogens is 478 g/mol. The predicted octanol–water partition coefficient (Wildman–Crippen LogP) is 2.22. The van der Waals surface area contributed by atoms with Gasteiger partial charge in [0.2, 0.25) is 11.8 Å². The molecule has 1 atom stereocenters. The summed E-state index contributed by atoms with van der Waals surface area (Å²) in [5, 5.41) is 37.8. The summed E-state index contributed by atoms with van der Waals surface area (Å²) in [5.41, 5.74) is 0.700. The number of rotatable bonds is 8. The van der Waals surface area contributed by atoms with Crippen molar-refractivity contribution in [3.63, 3.8) is 0 Å². The number of hydrogen-bond acceptors (Lipinski definition) is 11. The number of benzene rings is 1. The van der Waals surface area contributed by atoms with Crippen molar-refractivity contribution in [3.05, 3.63) is 70.6 Å². The van der Waals surface area contributed by atoms with Crippen LogP contribution < -0.4 is 16.2 Å². The van der Waals surface area contributed by atoms with Crippen molar-refractivity contribution < 1.29 is 14.6 Å². The van der Waals surface area contributed by atoms with Crippen LogP contribution in [0.3, 0.4) is 0 Å². The fourth-order valence-electron chi connectivity index (χ4n) is 3.73. The molecular formula is C24H25N9O4. The van der Waals surface area contributed by atoms with E-state index in [9.17, 15) is 15.0 Å². The summed E-state index contributed by atoms with van der Waals surface area (Å²) in [4.78, 5) is 25.0. The lowest BCUT2D eigenvalue weighted by molar-refractivity contribution is 0.0488. The average molecular weight is 504 g/mol. The van der Waals surface area contributed by atoms with Crippen LogP contribution in [-0.4, -0.2) is 51.7 Å². The van der Waals surface area contributed by atoms with E-state index in [0.29, 0.717) is 28.1 Å². The molecule has 0 spiro atoms. The van der Waals surface area contributed by atoms with Crippen molar-refractivity contribution >= 4 is 28.5 Å². The van der Waals surface area contributed by atoms with Gasteiger partial charge in [0.15, 0.2) is 5.65 Å². The third-order valence-electron chi connectivity index (χ3n) is 5.64. The molecule has 5 N–H and O–H groups in total. The van der Waals surface area contributed by atoms with E-state index in [-0.39, 0.29) is 29.9 Å². The molecule has 0 radical (unpaired) electrons. The minimum absolute atomic E-state index is 0.0521. The zero-order valence-electron chi connectivity index (χ0n) is 20.3. The van der Waals surface area contributed by atoms with E-state index >= 15 is 0 Å². The molecule has 0 unspecified atom stereocenters. The van der Waals surface area contributed by atoms with Crippen molar-refractivity contribution in [1.29, 1.82) is 0 Å². The molecule has 0 aliphatic heterocycles. The number of aryl methyl sites for hydroxylation is 1. The highest BCUT2D eigenvalue weighted by Crippen LogP contribution is 2.33. The number of hydrogen-bond donors (Lipinski definition) is 5. The van der Waals surface area contributed by atoms with Crippen LogP contribution in [0.2, 0.25) is 0 Å². The molecule has 13 heteroatoms. The molecule has 190 valence electrons. The molecule has 0 aliphatic carbocycles. The van der Waals surface area contributed by atoms with E-state index < -0.39 is 11.6 Å². The number of aromatic amines is 1. The smallest absolute Gasteiger partial charge is 0.275 e. The number of aliphatic hydroxyl groups excluding tert-OH is 1. The molecule has 1 aromatic carbocycles. The summed E-state index contributed by atoms with van der Waals surface area (Å²) in [6, 6.07) is 10.7. The molecule has 5 rings (SSSR count).